The molecule has 0 spiro atoms. The topological polar surface area (TPSA) is 92.4 Å². The van der Waals surface area contributed by atoms with Gasteiger partial charge in [0.1, 0.15) is 0 Å². The number of aromatic nitrogens is 2. The van der Waals surface area contributed by atoms with Crippen LogP contribution in [0, 0.1) is 0 Å². The Morgan fingerprint density at radius 2 is 1.93 bits per heavy atom. The number of hydrogen-bond acceptors (Lipinski definition) is 7. The fourth-order valence-corrected chi connectivity index (χ4v) is 2.89. The molecule has 7 nitrogen and oxygen atoms in total. The number of rotatable bonds is 5. The van der Waals surface area contributed by atoms with E-state index in [1.807, 2.05) is 61.5 Å². The molecule has 7 heteroatoms. The molecule has 1 aliphatic rings. The summed E-state index contributed by atoms with van der Waals surface area (Å²) in [6.45, 7) is 3.48. The monoisotopic (exact) mass is 361 g/mol. The highest BCUT2D eigenvalue weighted by Gasteiger charge is 2.19. The quantitative estimate of drug-likeness (QED) is 0.679. The van der Waals surface area contributed by atoms with Crippen molar-refractivity contribution in [1.82, 2.24) is 15.5 Å². The normalized spacial score (nSPS) is 14.3. The SMILES string of the molecule is CC(c1cccc(C(=O)c2ccccc2)c1)c1nnc(NC2=NCCN2)o1. The largest absolute Gasteiger partial charge is 0.407 e. The third-order valence-corrected chi connectivity index (χ3v) is 4.40. The van der Waals surface area contributed by atoms with Crippen molar-refractivity contribution < 1.29 is 9.21 Å². The van der Waals surface area contributed by atoms with Gasteiger partial charge in [-0.3, -0.25) is 15.1 Å². The first-order valence-electron chi connectivity index (χ1n) is 8.79. The number of benzene rings is 2. The first-order chi connectivity index (χ1) is 13.2. The summed E-state index contributed by atoms with van der Waals surface area (Å²) in [5.74, 6) is 0.951. The van der Waals surface area contributed by atoms with E-state index in [1.54, 1.807) is 0 Å². The Hall–Kier alpha value is -3.48. The van der Waals surface area contributed by atoms with E-state index >= 15 is 0 Å². The molecule has 1 aliphatic heterocycles. The van der Waals surface area contributed by atoms with Gasteiger partial charge in [-0.25, -0.2) is 0 Å². The van der Waals surface area contributed by atoms with E-state index in [-0.39, 0.29) is 11.7 Å². The Labute approximate surface area is 156 Å². The van der Waals surface area contributed by atoms with Gasteiger partial charge in [0.2, 0.25) is 5.89 Å². The standard InChI is InChI=1S/C20H19N5O2/c1-13(18-24-25-20(27-18)23-19-21-10-11-22-19)15-8-5-9-16(12-15)17(26)14-6-3-2-4-7-14/h2-9,12-13H,10-11H2,1H3,(H2,21,22,23,25). The highest BCUT2D eigenvalue weighted by molar-refractivity contribution is 6.09. The van der Waals surface area contributed by atoms with Crippen molar-refractivity contribution in [2.75, 3.05) is 18.4 Å². The Balaban J connectivity index is 1.53. The van der Waals surface area contributed by atoms with Crippen LogP contribution in [-0.2, 0) is 0 Å². The second-order valence-electron chi connectivity index (χ2n) is 6.27. The minimum absolute atomic E-state index is 0.0112. The molecule has 1 atom stereocenters. The molecule has 0 aliphatic carbocycles. The van der Waals surface area contributed by atoms with Crippen molar-refractivity contribution in [3.63, 3.8) is 0 Å². The second kappa shape index (κ2) is 7.41. The number of aliphatic imine (C=N–C) groups is 1. The van der Waals surface area contributed by atoms with Gasteiger partial charge in [-0.1, -0.05) is 53.6 Å². The molecule has 2 heterocycles. The van der Waals surface area contributed by atoms with Gasteiger partial charge in [0.25, 0.3) is 0 Å². The molecule has 2 N–H and O–H groups in total. The second-order valence-corrected chi connectivity index (χ2v) is 6.27. The molecule has 0 saturated heterocycles. The van der Waals surface area contributed by atoms with Crippen LogP contribution in [0.5, 0.6) is 0 Å². The smallest absolute Gasteiger partial charge is 0.322 e. The van der Waals surface area contributed by atoms with Crippen LogP contribution >= 0.6 is 0 Å². The van der Waals surface area contributed by atoms with Crippen molar-refractivity contribution >= 4 is 17.8 Å². The maximum atomic E-state index is 12.7. The van der Waals surface area contributed by atoms with Crippen molar-refractivity contribution in [3.05, 3.63) is 77.2 Å². The lowest BCUT2D eigenvalue weighted by Gasteiger charge is -2.09. The van der Waals surface area contributed by atoms with Crippen LogP contribution in [-0.4, -0.2) is 35.0 Å². The third kappa shape index (κ3) is 3.72. The van der Waals surface area contributed by atoms with E-state index in [0.29, 0.717) is 29.0 Å². The number of nitrogens with zero attached hydrogens (tertiary/aromatic N) is 3. The number of ketones is 1. The predicted molar refractivity (Wildman–Crippen MR) is 102 cm³/mol. The number of hydrogen-bond donors (Lipinski definition) is 2. The van der Waals surface area contributed by atoms with E-state index in [2.05, 4.69) is 25.8 Å². The number of guanidine groups is 1. The number of nitrogens with one attached hydrogen (secondary N) is 2. The summed E-state index contributed by atoms with van der Waals surface area (Å²) in [4.78, 5) is 16.9. The summed E-state index contributed by atoms with van der Waals surface area (Å²) in [5, 5.41) is 14.2. The van der Waals surface area contributed by atoms with Crippen LogP contribution in [0.15, 0.2) is 64.0 Å². The maximum absolute atomic E-state index is 12.7. The molecule has 1 unspecified atom stereocenters. The van der Waals surface area contributed by atoms with E-state index in [9.17, 15) is 4.79 Å². The van der Waals surface area contributed by atoms with Crippen LogP contribution in [0.25, 0.3) is 0 Å². The number of anilines is 1. The zero-order chi connectivity index (χ0) is 18.6. The summed E-state index contributed by atoms with van der Waals surface area (Å²) < 4.78 is 5.71. The van der Waals surface area contributed by atoms with Gasteiger partial charge in [-0.15, -0.1) is 5.10 Å². The molecule has 0 fully saturated rings. The summed E-state index contributed by atoms with van der Waals surface area (Å²) in [5.41, 5.74) is 2.23. The van der Waals surface area contributed by atoms with Crippen LogP contribution in [0.4, 0.5) is 6.01 Å². The fraction of sp³-hybridized carbons (Fsp3) is 0.200. The first kappa shape index (κ1) is 17.0. The van der Waals surface area contributed by atoms with Crippen LogP contribution < -0.4 is 10.6 Å². The molecule has 0 amide bonds. The summed E-state index contributed by atoms with van der Waals surface area (Å²) in [7, 11) is 0. The predicted octanol–water partition coefficient (Wildman–Crippen LogP) is 2.82. The minimum Gasteiger partial charge on any atom is -0.407 e. The Bertz CT molecular complexity index is 981. The molecule has 0 radical (unpaired) electrons. The van der Waals surface area contributed by atoms with Gasteiger partial charge in [0, 0.05) is 17.7 Å². The average molecular weight is 361 g/mol. The molecule has 0 bridgehead atoms. The van der Waals surface area contributed by atoms with Gasteiger partial charge in [-0.05, 0) is 18.6 Å². The van der Waals surface area contributed by atoms with E-state index < -0.39 is 0 Å². The van der Waals surface area contributed by atoms with Crippen molar-refractivity contribution in [1.29, 1.82) is 0 Å². The van der Waals surface area contributed by atoms with Crippen molar-refractivity contribution in [2.24, 2.45) is 4.99 Å². The Morgan fingerprint density at radius 1 is 1.11 bits per heavy atom. The van der Waals surface area contributed by atoms with Gasteiger partial charge in [-0.2, -0.15) is 0 Å². The Kier molecular flexibility index (Phi) is 4.65. The molecule has 4 rings (SSSR count). The van der Waals surface area contributed by atoms with Crippen LogP contribution in [0.3, 0.4) is 0 Å². The first-order valence-corrected chi connectivity index (χ1v) is 8.79. The Morgan fingerprint density at radius 3 is 2.70 bits per heavy atom. The molecule has 27 heavy (non-hydrogen) atoms. The summed E-state index contributed by atoms with van der Waals surface area (Å²) >= 11 is 0. The molecule has 0 saturated carbocycles. The lowest BCUT2D eigenvalue weighted by Crippen LogP contribution is -2.26. The molecular weight excluding hydrogens is 342 g/mol. The lowest BCUT2D eigenvalue weighted by molar-refractivity contribution is 0.103. The van der Waals surface area contributed by atoms with Crippen molar-refractivity contribution in [3.8, 4) is 0 Å². The highest BCUT2D eigenvalue weighted by Crippen LogP contribution is 2.25. The zero-order valence-corrected chi connectivity index (χ0v) is 14.8. The van der Waals surface area contributed by atoms with Gasteiger partial charge < -0.3 is 9.73 Å². The van der Waals surface area contributed by atoms with E-state index in [1.165, 1.54) is 0 Å². The molecule has 136 valence electrons. The van der Waals surface area contributed by atoms with Gasteiger partial charge in [0.15, 0.2) is 11.7 Å². The third-order valence-electron chi connectivity index (χ3n) is 4.40. The highest BCUT2D eigenvalue weighted by atomic mass is 16.4. The van der Waals surface area contributed by atoms with Gasteiger partial charge in [0.05, 0.1) is 12.5 Å². The lowest BCUT2D eigenvalue weighted by atomic mass is 9.96. The maximum Gasteiger partial charge on any atom is 0.322 e. The van der Waals surface area contributed by atoms with E-state index in [0.717, 1.165) is 18.7 Å². The van der Waals surface area contributed by atoms with E-state index in [4.69, 9.17) is 4.42 Å². The van der Waals surface area contributed by atoms with Crippen molar-refractivity contribution in [2.45, 2.75) is 12.8 Å². The molecule has 3 aromatic rings. The average Bonchev–Trinajstić information content (AvgIpc) is 3.40. The molecule has 1 aromatic heterocycles. The van der Waals surface area contributed by atoms with Crippen LogP contribution in [0.2, 0.25) is 0 Å². The summed E-state index contributed by atoms with van der Waals surface area (Å²) in [6.07, 6.45) is 0. The zero-order valence-electron chi connectivity index (χ0n) is 14.8. The van der Waals surface area contributed by atoms with Gasteiger partial charge >= 0.3 is 6.01 Å². The molecule has 2 aromatic carbocycles. The number of carbonyl (C=O) groups is 1. The fourth-order valence-electron chi connectivity index (χ4n) is 2.89. The summed E-state index contributed by atoms with van der Waals surface area (Å²) in [6, 6.07) is 17.0. The number of carbonyl (C=O) groups excluding carboxylic acids is 1. The minimum atomic E-state index is -0.143. The molecular formula is C20H19N5O2. The van der Waals surface area contributed by atoms with Crippen LogP contribution in [0.1, 0.15) is 40.2 Å².